The molecule has 3 aromatic heterocycles. The zero-order valence-electron chi connectivity index (χ0n) is 18.4. The molecule has 7 nitrogen and oxygen atoms in total. The number of pyridine rings is 1. The van der Waals surface area contributed by atoms with Gasteiger partial charge in [-0.25, -0.2) is 4.98 Å². The molecular weight excluding hydrogens is 447 g/mol. The van der Waals surface area contributed by atoms with Crippen LogP contribution in [0.2, 0.25) is 0 Å². The van der Waals surface area contributed by atoms with Crippen LogP contribution in [-0.4, -0.2) is 32.5 Å². The van der Waals surface area contributed by atoms with Gasteiger partial charge in [-0.2, -0.15) is 4.52 Å². The molecular formula is C24H20F3N5O2. The number of alkyl halides is 3. The number of hydrogen-bond donors (Lipinski definition) is 0. The minimum absolute atomic E-state index is 0.258. The van der Waals surface area contributed by atoms with Crippen molar-refractivity contribution in [1.29, 1.82) is 0 Å². The van der Waals surface area contributed by atoms with E-state index in [2.05, 4.69) is 19.8 Å². The van der Waals surface area contributed by atoms with Crippen LogP contribution in [0.5, 0.6) is 5.75 Å². The van der Waals surface area contributed by atoms with Gasteiger partial charge in [-0.1, -0.05) is 18.2 Å². The third-order valence-corrected chi connectivity index (χ3v) is 5.70. The fraction of sp³-hybridized carbons (Fsp3) is 0.250. The maximum Gasteiger partial charge on any atom is 0.573 e. The van der Waals surface area contributed by atoms with Crippen LogP contribution in [0.1, 0.15) is 22.5 Å². The van der Waals surface area contributed by atoms with Crippen molar-refractivity contribution >= 4 is 11.5 Å². The Bertz CT molecular complexity index is 1470. The number of aryl methyl sites for hydroxylation is 2. The summed E-state index contributed by atoms with van der Waals surface area (Å²) >= 11 is 0. The van der Waals surface area contributed by atoms with E-state index in [1.165, 1.54) is 22.7 Å². The zero-order chi connectivity index (χ0) is 24.0. The van der Waals surface area contributed by atoms with Crippen LogP contribution in [0.25, 0.3) is 16.8 Å². The summed E-state index contributed by atoms with van der Waals surface area (Å²) < 4.78 is 44.1. The van der Waals surface area contributed by atoms with Gasteiger partial charge in [0.1, 0.15) is 5.75 Å². The summed E-state index contributed by atoms with van der Waals surface area (Å²) in [6, 6.07) is 11.1. The number of aromatic nitrogens is 4. The molecule has 1 aliphatic rings. The van der Waals surface area contributed by atoms with Crippen molar-refractivity contribution in [1.82, 2.24) is 19.6 Å². The van der Waals surface area contributed by atoms with E-state index in [0.717, 1.165) is 16.8 Å². The highest BCUT2D eigenvalue weighted by atomic mass is 19.4. The lowest BCUT2D eigenvalue weighted by molar-refractivity contribution is -0.274. The first-order valence-corrected chi connectivity index (χ1v) is 10.6. The van der Waals surface area contributed by atoms with Crippen LogP contribution in [0.3, 0.4) is 0 Å². The lowest BCUT2D eigenvalue weighted by Gasteiger charge is -2.30. The first kappa shape index (κ1) is 21.9. The Morgan fingerprint density at radius 1 is 1.09 bits per heavy atom. The van der Waals surface area contributed by atoms with Gasteiger partial charge in [0, 0.05) is 54.3 Å². The highest BCUT2D eigenvalue weighted by Crippen LogP contribution is 2.35. The van der Waals surface area contributed by atoms with Gasteiger partial charge in [-0.15, -0.1) is 18.3 Å². The number of fused-ring (bicyclic) bond motifs is 2. The minimum Gasteiger partial charge on any atom is -0.405 e. The van der Waals surface area contributed by atoms with Gasteiger partial charge in [0.25, 0.3) is 5.56 Å². The fourth-order valence-corrected chi connectivity index (χ4v) is 4.22. The number of nitrogens with zero attached hydrogens (tertiary/aromatic N) is 5. The van der Waals surface area contributed by atoms with Crippen LogP contribution in [0, 0.1) is 13.8 Å². The highest BCUT2D eigenvalue weighted by Gasteiger charge is 2.32. The second-order valence-corrected chi connectivity index (χ2v) is 8.20. The van der Waals surface area contributed by atoms with Crippen molar-refractivity contribution in [2.75, 3.05) is 11.4 Å². The standard InChI is InChI=1S/C24H20F3N5O2/c1-14-9-21-29-15(2)10-22(33)32(21)30-23(14)31-8-7-19-17(13-31)11-16(12-28-19)18-5-3-4-6-20(18)34-24(25,26)27/h3-6,9-12H,7-8,13H2,1-2H3. The van der Waals surface area contributed by atoms with Gasteiger partial charge < -0.3 is 9.64 Å². The second-order valence-electron chi connectivity index (χ2n) is 8.20. The summed E-state index contributed by atoms with van der Waals surface area (Å²) in [5.41, 5.74) is 4.30. The molecule has 174 valence electrons. The van der Waals surface area contributed by atoms with Crippen molar-refractivity contribution in [2.45, 2.75) is 33.2 Å². The molecule has 0 radical (unpaired) electrons. The van der Waals surface area contributed by atoms with E-state index in [-0.39, 0.29) is 11.3 Å². The van der Waals surface area contributed by atoms with Crippen LogP contribution in [0.15, 0.2) is 53.5 Å². The topological polar surface area (TPSA) is 72.6 Å². The molecule has 0 saturated heterocycles. The Morgan fingerprint density at radius 2 is 1.88 bits per heavy atom. The number of ether oxygens (including phenoxy) is 1. The van der Waals surface area contributed by atoms with E-state index in [1.54, 1.807) is 25.3 Å². The fourth-order valence-electron chi connectivity index (χ4n) is 4.22. The lowest BCUT2D eigenvalue weighted by Crippen LogP contribution is -2.33. The maximum atomic E-state index is 12.9. The molecule has 0 aliphatic carbocycles. The summed E-state index contributed by atoms with van der Waals surface area (Å²) in [7, 11) is 0. The molecule has 0 N–H and O–H groups in total. The quantitative estimate of drug-likeness (QED) is 0.449. The lowest BCUT2D eigenvalue weighted by atomic mass is 9.99. The molecule has 0 amide bonds. The largest absolute Gasteiger partial charge is 0.573 e. The molecule has 0 saturated carbocycles. The highest BCUT2D eigenvalue weighted by molar-refractivity contribution is 5.70. The van der Waals surface area contributed by atoms with Crippen LogP contribution in [-0.2, 0) is 13.0 Å². The predicted octanol–water partition coefficient (Wildman–Crippen LogP) is 4.23. The maximum absolute atomic E-state index is 12.9. The molecule has 0 bridgehead atoms. The van der Waals surface area contributed by atoms with Crippen molar-refractivity contribution in [3.8, 4) is 16.9 Å². The Morgan fingerprint density at radius 3 is 2.68 bits per heavy atom. The van der Waals surface area contributed by atoms with E-state index in [4.69, 9.17) is 0 Å². The van der Waals surface area contributed by atoms with E-state index in [0.29, 0.717) is 47.8 Å². The Labute approximate surface area is 192 Å². The Balaban J connectivity index is 1.51. The summed E-state index contributed by atoms with van der Waals surface area (Å²) in [4.78, 5) is 23.3. The number of halogens is 3. The number of para-hydroxylation sites is 1. The number of anilines is 1. The van der Waals surface area contributed by atoms with Crippen molar-refractivity contribution in [3.63, 3.8) is 0 Å². The van der Waals surface area contributed by atoms with Crippen LogP contribution < -0.4 is 15.2 Å². The second kappa shape index (κ2) is 8.12. The average Bonchev–Trinajstić information content (AvgIpc) is 2.77. The third kappa shape index (κ3) is 4.18. The Kier molecular flexibility index (Phi) is 5.22. The molecule has 4 heterocycles. The van der Waals surface area contributed by atoms with Gasteiger partial charge in [0.2, 0.25) is 0 Å². The van der Waals surface area contributed by atoms with Crippen LogP contribution >= 0.6 is 0 Å². The summed E-state index contributed by atoms with van der Waals surface area (Å²) in [5, 5.41) is 4.55. The summed E-state index contributed by atoms with van der Waals surface area (Å²) in [6.07, 6.45) is -2.59. The Hall–Kier alpha value is -3.95. The van der Waals surface area contributed by atoms with Gasteiger partial charge in [0.15, 0.2) is 11.5 Å². The number of hydrogen-bond acceptors (Lipinski definition) is 6. The summed E-state index contributed by atoms with van der Waals surface area (Å²) in [6.45, 7) is 4.76. The average molecular weight is 467 g/mol. The monoisotopic (exact) mass is 467 g/mol. The molecule has 34 heavy (non-hydrogen) atoms. The molecule has 1 aliphatic heterocycles. The van der Waals surface area contributed by atoms with E-state index < -0.39 is 6.36 Å². The van der Waals surface area contributed by atoms with Gasteiger partial charge in [0.05, 0.1) is 0 Å². The first-order valence-electron chi connectivity index (χ1n) is 10.6. The SMILES string of the molecule is Cc1cc(=O)n2nc(N3CCc4ncc(-c5ccccc5OC(F)(F)F)cc4C3)c(C)cc2n1. The van der Waals surface area contributed by atoms with Gasteiger partial charge in [-0.3, -0.25) is 9.78 Å². The molecule has 0 spiro atoms. The molecule has 0 fully saturated rings. The van der Waals surface area contributed by atoms with E-state index in [9.17, 15) is 18.0 Å². The zero-order valence-corrected chi connectivity index (χ0v) is 18.4. The van der Waals surface area contributed by atoms with E-state index in [1.807, 2.05) is 24.0 Å². The molecule has 1 aromatic carbocycles. The van der Waals surface area contributed by atoms with E-state index >= 15 is 0 Å². The van der Waals surface area contributed by atoms with Crippen molar-refractivity contribution in [3.05, 3.63) is 81.5 Å². The minimum atomic E-state index is -4.79. The molecule has 10 heteroatoms. The molecule has 0 unspecified atom stereocenters. The van der Waals surface area contributed by atoms with Crippen molar-refractivity contribution < 1.29 is 17.9 Å². The van der Waals surface area contributed by atoms with Crippen LogP contribution in [0.4, 0.5) is 19.0 Å². The predicted molar refractivity (Wildman–Crippen MR) is 120 cm³/mol. The summed E-state index contributed by atoms with van der Waals surface area (Å²) in [5.74, 6) is 0.371. The molecule has 0 atom stereocenters. The first-order chi connectivity index (χ1) is 16.2. The molecule has 5 rings (SSSR count). The smallest absolute Gasteiger partial charge is 0.405 e. The normalized spacial score (nSPS) is 13.7. The number of benzene rings is 1. The third-order valence-electron chi connectivity index (χ3n) is 5.70. The van der Waals surface area contributed by atoms with Gasteiger partial charge >= 0.3 is 6.36 Å². The molecule has 4 aromatic rings. The van der Waals surface area contributed by atoms with Gasteiger partial charge in [-0.05, 0) is 43.2 Å². The van der Waals surface area contributed by atoms with Crippen molar-refractivity contribution in [2.24, 2.45) is 0 Å². The number of rotatable bonds is 3.